The van der Waals surface area contributed by atoms with Crippen LogP contribution in [0.1, 0.15) is 50.3 Å². The molecule has 1 heterocycles. The van der Waals surface area contributed by atoms with E-state index in [-0.39, 0.29) is 0 Å². The van der Waals surface area contributed by atoms with Gasteiger partial charge in [-0.3, -0.25) is 0 Å². The van der Waals surface area contributed by atoms with Crippen LogP contribution < -0.4 is 5.32 Å². The summed E-state index contributed by atoms with van der Waals surface area (Å²) >= 11 is 0. The Kier molecular flexibility index (Phi) is 3.66. The highest BCUT2D eigenvalue weighted by atomic mass is 16.5. The standard InChI is InChI=1S/C14H23N3O/c1-15-13-4-2-3-5-14(13)18-9-12-8-16-10-17(12)11-6-7-11/h8,10-11,13-15H,2-7,9H2,1H3. The van der Waals surface area contributed by atoms with Gasteiger partial charge in [-0.25, -0.2) is 4.98 Å². The summed E-state index contributed by atoms with van der Waals surface area (Å²) in [6, 6.07) is 1.22. The molecule has 0 spiro atoms. The quantitative estimate of drug-likeness (QED) is 0.870. The van der Waals surface area contributed by atoms with Crippen LogP contribution in [-0.2, 0) is 11.3 Å². The molecule has 2 atom stereocenters. The van der Waals surface area contributed by atoms with Crippen LogP contribution in [0.25, 0.3) is 0 Å². The van der Waals surface area contributed by atoms with Crippen molar-refractivity contribution in [2.75, 3.05) is 7.05 Å². The van der Waals surface area contributed by atoms with Crippen molar-refractivity contribution >= 4 is 0 Å². The molecule has 4 nitrogen and oxygen atoms in total. The molecule has 2 saturated carbocycles. The molecule has 1 aromatic rings. The molecule has 0 saturated heterocycles. The van der Waals surface area contributed by atoms with Crippen molar-refractivity contribution in [1.29, 1.82) is 0 Å². The first-order valence-corrected chi connectivity index (χ1v) is 7.18. The van der Waals surface area contributed by atoms with E-state index >= 15 is 0 Å². The van der Waals surface area contributed by atoms with Crippen LogP contribution in [0.5, 0.6) is 0 Å². The number of rotatable bonds is 5. The monoisotopic (exact) mass is 249 g/mol. The fraction of sp³-hybridized carbons (Fsp3) is 0.786. The Morgan fingerprint density at radius 3 is 2.94 bits per heavy atom. The van der Waals surface area contributed by atoms with Gasteiger partial charge in [-0.2, -0.15) is 0 Å². The molecule has 1 N–H and O–H groups in total. The van der Waals surface area contributed by atoms with Gasteiger partial charge in [-0.05, 0) is 32.7 Å². The topological polar surface area (TPSA) is 39.1 Å². The molecule has 3 rings (SSSR count). The van der Waals surface area contributed by atoms with E-state index < -0.39 is 0 Å². The van der Waals surface area contributed by atoms with Crippen molar-refractivity contribution in [3.05, 3.63) is 18.2 Å². The van der Waals surface area contributed by atoms with Gasteiger partial charge in [0.25, 0.3) is 0 Å². The third-order valence-electron chi connectivity index (χ3n) is 4.21. The molecule has 0 radical (unpaired) electrons. The van der Waals surface area contributed by atoms with Gasteiger partial charge in [-0.15, -0.1) is 0 Å². The third-order valence-corrected chi connectivity index (χ3v) is 4.21. The Bertz CT molecular complexity index is 386. The zero-order valence-corrected chi connectivity index (χ0v) is 11.1. The molecule has 0 amide bonds. The first-order valence-electron chi connectivity index (χ1n) is 7.18. The van der Waals surface area contributed by atoms with Gasteiger partial charge in [0.2, 0.25) is 0 Å². The second-order valence-electron chi connectivity index (χ2n) is 5.55. The third kappa shape index (κ3) is 2.59. The van der Waals surface area contributed by atoms with E-state index in [4.69, 9.17) is 4.74 Å². The maximum Gasteiger partial charge on any atom is 0.0951 e. The summed E-state index contributed by atoms with van der Waals surface area (Å²) in [5, 5.41) is 3.39. The minimum absolute atomic E-state index is 0.367. The summed E-state index contributed by atoms with van der Waals surface area (Å²) < 4.78 is 8.42. The van der Waals surface area contributed by atoms with E-state index in [1.54, 1.807) is 0 Å². The van der Waals surface area contributed by atoms with Crippen LogP contribution in [-0.4, -0.2) is 28.7 Å². The average Bonchev–Trinajstić information content (AvgIpc) is 3.16. The van der Waals surface area contributed by atoms with E-state index in [2.05, 4.69) is 14.9 Å². The first kappa shape index (κ1) is 12.2. The highest BCUT2D eigenvalue weighted by Gasteiger charge is 2.27. The van der Waals surface area contributed by atoms with Gasteiger partial charge in [-0.1, -0.05) is 12.8 Å². The van der Waals surface area contributed by atoms with Crippen LogP contribution in [0.15, 0.2) is 12.5 Å². The Morgan fingerprint density at radius 2 is 2.17 bits per heavy atom. The summed E-state index contributed by atoms with van der Waals surface area (Å²) in [4.78, 5) is 4.25. The molecule has 2 aliphatic carbocycles. The number of hydrogen-bond donors (Lipinski definition) is 1. The molecular weight excluding hydrogens is 226 g/mol. The number of nitrogens with one attached hydrogen (secondary N) is 1. The van der Waals surface area contributed by atoms with E-state index in [0.29, 0.717) is 24.8 Å². The molecule has 0 aromatic carbocycles. The van der Waals surface area contributed by atoms with Crippen molar-refractivity contribution < 1.29 is 4.74 Å². The second kappa shape index (κ2) is 5.41. The number of nitrogens with zero attached hydrogens (tertiary/aromatic N) is 2. The van der Waals surface area contributed by atoms with Crippen molar-refractivity contribution in [2.45, 2.75) is 63.3 Å². The lowest BCUT2D eigenvalue weighted by Gasteiger charge is -2.31. The number of likely N-dealkylation sites (N-methyl/N-ethyl adjacent to an activating group) is 1. The predicted molar refractivity (Wildman–Crippen MR) is 70.4 cm³/mol. The lowest BCUT2D eigenvalue weighted by Crippen LogP contribution is -2.41. The van der Waals surface area contributed by atoms with Crippen LogP contribution >= 0.6 is 0 Å². The average molecular weight is 249 g/mol. The summed E-state index contributed by atoms with van der Waals surface area (Å²) in [6.45, 7) is 0.708. The lowest BCUT2D eigenvalue weighted by molar-refractivity contribution is -0.00616. The Balaban J connectivity index is 1.57. The normalized spacial score (nSPS) is 28.5. The van der Waals surface area contributed by atoms with E-state index in [1.165, 1.54) is 44.2 Å². The van der Waals surface area contributed by atoms with E-state index in [1.807, 2.05) is 19.6 Å². The molecule has 100 valence electrons. The van der Waals surface area contributed by atoms with Gasteiger partial charge in [0.05, 0.1) is 30.9 Å². The summed E-state index contributed by atoms with van der Waals surface area (Å²) in [5.74, 6) is 0. The molecule has 2 unspecified atom stereocenters. The maximum absolute atomic E-state index is 6.13. The zero-order valence-electron chi connectivity index (χ0n) is 11.1. The molecule has 2 fully saturated rings. The smallest absolute Gasteiger partial charge is 0.0951 e. The van der Waals surface area contributed by atoms with E-state index in [9.17, 15) is 0 Å². The second-order valence-corrected chi connectivity index (χ2v) is 5.55. The Labute approximate surface area is 109 Å². The molecule has 4 heteroatoms. The van der Waals surface area contributed by atoms with Crippen molar-refractivity contribution in [3.8, 4) is 0 Å². The summed E-state index contributed by atoms with van der Waals surface area (Å²) in [6.07, 6.45) is 11.9. The van der Waals surface area contributed by atoms with Gasteiger partial charge < -0.3 is 14.6 Å². The molecule has 0 aliphatic heterocycles. The fourth-order valence-electron chi connectivity index (χ4n) is 2.94. The van der Waals surface area contributed by atoms with E-state index in [0.717, 1.165) is 0 Å². The highest BCUT2D eigenvalue weighted by molar-refractivity contribution is 5.02. The number of ether oxygens (including phenoxy) is 1. The Morgan fingerprint density at radius 1 is 1.33 bits per heavy atom. The summed E-state index contributed by atoms with van der Waals surface area (Å²) in [5.41, 5.74) is 1.23. The fourth-order valence-corrected chi connectivity index (χ4v) is 2.94. The summed E-state index contributed by atoms with van der Waals surface area (Å²) in [7, 11) is 2.04. The minimum atomic E-state index is 0.367. The molecule has 0 bridgehead atoms. The number of hydrogen-bond acceptors (Lipinski definition) is 3. The molecule has 18 heavy (non-hydrogen) atoms. The van der Waals surface area contributed by atoms with Gasteiger partial charge in [0, 0.05) is 12.1 Å². The minimum Gasteiger partial charge on any atom is -0.370 e. The van der Waals surface area contributed by atoms with Crippen molar-refractivity contribution in [2.24, 2.45) is 0 Å². The number of aromatic nitrogens is 2. The van der Waals surface area contributed by atoms with Crippen molar-refractivity contribution in [1.82, 2.24) is 14.9 Å². The number of imidazole rings is 1. The molecule has 2 aliphatic rings. The van der Waals surface area contributed by atoms with Crippen LogP contribution in [0, 0.1) is 0 Å². The van der Waals surface area contributed by atoms with Gasteiger partial charge >= 0.3 is 0 Å². The largest absolute Gasteiger partial charge is 0.370 e. The lowest BCUT2D eigenvalue weighted by atomic mass is 9.92. The van der Waals surface area contributed by atoms with Crippen LogP contribution in [0.2, 0.25) is 0 Å². The molecular formula is C14H23N3O. The SMILES string of the molecule is CNC1CCCCC1OCc1cncn1C1CC1. The first-order chi connectivity index (χ1) is 8.88. The predicted octanol–water partition coefficient (Wildman–Crippen LogP) is 2.27. The Hall–Kier alpha value is -0.870. The van der Waals surface area contributed by atoms with Gasteiger partial charge in [0.15, 0.2) is 0 Å². The van der Waals surface area contributed by atoms with Crippen LogP contribution in [0.3, 0.4) is 0 Å². The molecule has 1 aromatic heterocycles. The zero-order chi connectivity index (χ0) is 12.4. The van der Waals surface area contributed by atoms with Gasteiger partial charge in [0.1, 0.15) is 0 Å². The maximum atomic E-state index is 6.13. The van der Waals surface area contributed by atoms with Crippen LogP contribution in [0.4, 0.5) is 0 Å². The van der Waals surface area contributed by atoms with Crippen molar-refractivity contribution in [3.63, 3.8) is 0 Å². The highest BCUT2D eigenvalue weighted by Crippen LogP contribution is 2.35.